The van der Waals surface area contributed by atoms with Gasteiger partial charge in [0, 0.05) is 18.3 Å². The molecule has 0 bridgehead atoms. The fraction of sp³-hybridized carbons (Fsp3) is 0. The summed E-state index contributed by atoms with van der Waals surface area (Å²) >= 11 is 0. The van der Waals surface area contributed by atoms with Crippen molar-refractivity contribution in [2.45, 2.75) is 0 Å². The lowest BCUT2D eigenvalue weighted by Crippen LogP contribution is -2.50. The van der Waals surface area contributed by atoms with Crippen LogP contribution in [0.1, 0.15) is 5.69 Å². The van der Waals surface area contributed by atoms with Crippen LogP contribution in [0.4, 0.5) is 0 Å². The average Bonchev–Trinajstić information content (AvgIpc) is 2.30. The molecular formula is C12H9N2O+. The van der Waals surface area contributed by atoms with Crippen LogP contribution in [0.15, 0.2) is 48.8 Å². The van der Waals surface area contributed by atoms with Gasteiger partial charge in [-0.25, -0.2) is 4.98 Å². The molecule has 0 radical (unpaired) electrons. The summed E-state index contributed by atoms with van der Waals surface area (Å²) in [4.78, 5) is 4.21. The minimum absolute atomic E-state index is 0.314. The highest BCUT2D eigenvalue weighted by molar-refractivity contribution is 5.53. The van der Waals surface area contributed by atoms with Gasteiger partial charge in [-0.1, -0.05) is 6.07 Å². The Kier molecular flexibility index (Phi) is 1.59. The first-order chi connectivity index (χ1) is 7.38. The minimum Gasteiger partial charge on any atom is -0.498 e. The Labute approximate surface area is 86.3 Å². The molecule has 0 aliphatic carbocycles. The number of aliphatic hydroxyl groups is 1. The molecule has 3 heteroatoms. The Hall–Kier alpha value is -2.16. The van der Waals surface area contributed by atoms with E-state index in [4.69, 9.17) is 0 Å². The van der Waals surface area contributed by atoms with Gasteiger partial charge in [0.2, 0.25) is 0 Å². The molecule has 1 aliphatic rings. The van der Waals surface area contributed by atoms with E-state index in [1.807, 2.05) is 46.8 Å². The number of pyridine rings is 2. The third-order valence-corrected chi connectivity index (χ3v) is 2.48. The van der Waals surface area contributed by atoms with Crippen molar-refractivity contribution in [3.05, 3.63) is 65.5 Å². The molecule has 3 heterocycles. The molecule has 0 saturated carbocycles. The van der Waals surface area contributed by atoms with E-state index in [0.29, 0.717) is 5.76 Å². The van der Waals surface area contributed by atoms with E-state index in [9.17, 15) is 5.11 Å². The third kappa shape index (κ3) is 1.06. The van der Waals surface area contributed by atoms with Crippen molar-refractivity contribution in [3.8, 4) is 0 Å². The summed E-state index contributed by atoms with van der Waals surface area (Å²) in [5.74, 6) is 0.314. The van der Waals surface area contributed by atoms with Crippen molar-refractivity contribution in [3.63, 3.8) is 0 Å². The van der Waals surface area contributed by atoms with Gasteiger partial charge in [0.15, 0.2) is 6.20 Å². The zero-order valence-electron chi connectivity index (χ0n) is 7.96. The molecule has 0 aromatic carbocycles. The third-order valence-electron chi connectivity index (χ3n) is 2.48. The molecule has 0 unspecified atom stereocenters. The minimum atomic E-state index is 0.314. The van der Waals surface area contributed by atoms with Crippen molar-refractivity contribution in [2.24, 2.45) is 0 Å². The number of aromatic nitrogens is 2. The lowest BCUT2D eigenvalue weighted by atomic mass is 10.1. The number of rotatable bonds is 1. The van der Waals surface area contributed by atoms with Gasteiger partial charge in [0.05, 0.1) is 0 Å². The van der Waals surface area contributed by atoms with Crippen molar-refractivity contribution in [1.29, 1.82) is 0 Å². The Bertz CT molecular complexity index is 632. The largest absolute Gasteiger partial charge is 0.498 e. The smallest absolute Gasteiger partial charge is 0.286 e. The molecule has 0 amide bonds. The number of hydrogen-bond donors (Lipinski definition) is 1. The molecule has 2 aromatic heterocycles. The van der Waals surface area contributed by atoms with Gasteiger partial charge in [-0.05, 0) is 18.2 Å². The molecule has 2 aromatic rings. The molecular weight excluding hydrogens is 188 g/mol. The quantitative estimate of drug-likeness (QED) is 0.675. The summed E-state index contributed by atoms with van der Waals surface area (Å²) < 4.78 is 1.93. The number of nitrogens with zero attached hydrogens (tertiary/aromatic N) is 2. The fourth-order valence-corrected chi connectivity index (χ4v) is 1.76. The predicted octanol–water partition coefficient (Wildman–Crippen LogP) is 0.477. The van der Waals surface area contributed by atoms with Crippen molar-refractivity contribution < 1.29 is 9.35 Å². The van der Waals surface area contributed by atoms with Crippen molar-refractivity contribution in [1.82, 2.24) is 4.98 Å². The van der Waals surface area contributed by atoms with Gasteiger partial charge >= 0.3 is 0 Å². The molecule has 1 N–H and O–H groups in total. The lowest BCUT2D eigenvalue weighted by molar-refractivity contribution is -0.548. The molecule has 0 atom stereocenters. The first-order valence-corrected chi connectivity index (χ1v) is 4.74. The highest BCUT2D eigenvalue weighted by Crippen LogP contribution is 2.11. The summed E-state index contributed by atoms with van der Waals surface area (Å²) in [6.07, 6.45) is 3.64. The molecule has 3 rings (SSSR count). The molecule has 3 nitrogen and oxygen atoms in total. The van der Waals surface area contributed by atoms with E-state index in [0.717, 1.165) is 16.8 Å². The molecule has 1 aliphatic heterocycles. The number of fused-ring (bicyclic) bond motifs is 1. The van der Waals surface area contributed by atoms with E-state index in [1.165, 1.54) is 0 Å². The van der Waals surface area contributed by atoms with Crippen molar-refractivity contribution >= 4 is 5.76 Å². The van der Waals surface area contributed by atoms with Crippen LogP contribution < -0.4 is 9.59 Å². The maximum atomic E-state index is 9.83. The van der Waals surface area contributed by atoms with Gasteiger partial charge in [0.1, 0.15) is 5.69 Å². The number of hydrogen-bond acceptors (Lipinski definition) is 2. The van der Waals surface area contributed by atoms with E-state index < -0.39 is 0 Å². The number of aliphatic hydroxyl groups excluding tert-OH is 1. The molecule has 0 saturated heterocycles. The summed E-state index contributed by atoms with van der Waals surface area (Å²) in [6.45, 7) is 0. The van der Waals surface area contributed by atoms with E-state index >= 15 is 0 Å². The second-order valence-corrected chi connectivity index (χ2v) is 3.37. The zero-order chi connectivity index (χ0) is 10.3. The highest BCUT2D eigenvalue weighted by atomic mass is 16.3. The summed E-state index contributed by atoms with van der Waals surface area (Å²) in [6, 6.07) is 11.4. The van der Waals surface area contributed by atoms with Crippen LogP contribution in [-0.4, -0.2) is 10.1 Å². The Morgan fingerprint density at radius 3 is 2.73 bits per heavy atom. The Morgan fingerprint density at radius 2 is 1.93 bits per heavy atom. The van der Waals surface area contributed by atoms with Gasteiger partial charge < -0.3 is 5.11 Å². The van der Waals surface area contributed by atoms with Crippen LogP contribution in [-0.2, 0) is 0 Å². The van der Waals surface area contributed by atoms with Crippen LogP contribution in [0.2, 0.25) is 0 Å². The second kappa shape index (κ2) is 2.92. The molecule has 72 valence electrons. The van der Waals surface area contributed by atoms with E-state index in [2.05, 4.69) is 4.98 Å². The van der Waals surface area contributed by atoms with Gasteiger partial charge in [-0.3, -0.25) is 0 Å². The first-order valence-electron chi connectivity index (χ1n) is 4.74. The first kappa shape index (κ1) is 8.17. The van der Waals surface area contributed by atoms with Crippen LogP contribution in [0.25, 0.3) is 5.76 Å². The maximum absolute atomic E-state index is 9.83. The Balaban J connectivity index is 2.30. The van der Waals surface area contributed by atoms with Crippen LogP contribution in [0, 0.1) is 5.71 Å². The molecule has 15 heavy (non-hydrogen) atoms. The second-order valence-electron chi connectivity index (χ2n) is 3.37. The van der Waals surface area contributed by atoms with Gasteiger partial charge in [-0.2, -0.15) is 4.24 Å². The van der Waals surface area contributed by atoms with E-state index in [-0.39, 0.29) is 0 Å². The van der Waals surface area contributed by atoms with Crippen LogP contribution >= 0.6 is 0 Å². The monoisotopic (exact) mass is 197 g/mol. The molecule has 0 spiro atoms. The Morgan fingerprint density at radius 1 is 1.07 bits per heavy atom. The average molecular weight is 197 g/mol. The van der Waals surface area contributed by atoms with Crippen LogP contribution in [0.3, 0.4) is 0 Å². The standard InChI is InChI=1S/C12H8N2O/c15-12-10-6-2-4-8-14(10)11(12)9-5-1-3-7-13-9/h1-8H/p+1. The summed E-state index contributed by atoms with van der Waals surface area (Å²) in [7, 11) is 0. The topological polar surface area (TPSA) is 39.0 Å². The predicted molar refractivity (Wildman–Crippen MR) is 54.3 cm³/mol. The summed E-state index contributed by atoms with van der Waals surface area (Å²) in [5.41, 5.74) is 1.56. The van der Waals surface area contributed by atoms with Crippen molar-refractivity contribution in [2.75, 3.05) is 0 Å². The molecule has 0 fully saturated rings. The zero-order valence-corrected chi connectivity index (χ0v) is 7.96. The SMILES string of the molecule is OC1=c2cccc[n+]2=C1c1ccccn1. The van der Waals surface area contributed by atoms with Gasteiger partial charge in [0.25, 0.3) is 16.8 Å². The fourth-order valence-electron chi connectivity index (χ4n) is 1.76. The summed E-state index contributed by atoms with van der Waals surface area (Å²) in [5, 5.41) is 10.7. The van der Waals surface area contributed by atoms with Crippen LogP contribution in [0.5, 0.6) is 0 Å². The van der Waals surface area contributed by atoms with Gasteiger partial charge in [-0.15, -0.1) is 0 Å². The maximum Gasteiger partial charge on any atom is 0.286 e. The highest BCUT2D eigenvalue weighted by Gasteiger charge is 2.29. The normalized spacial score (nSPS) is 13.3. The lowest BCUT2D eigenvalue weighted by Gasteiger charge is -2.04. The van der Waals surface area contributed by atoms with E-state index in [1.54, 1.807) is 6.20 Å².